The van der Waals surface area contributed by atoms with Gasteiger partial charge < -0.3 is 9.47 Å². The van der Waals surface area contributed by atoms with Crippen LogP contribution in [0.15, 0.2) is 34.4 Å². The molecular formula is C18H28O4. The third-order valence-electron chi connectivity index (χ3n) is 3.31. The van der Waals surface area contributed by atoms with Crippen LogP contribution in [0.2, 0.25) is 0 Å². The third kappa shape index (κ3) is 7.81. The van der Waals surface area contributed by atoms with Crippen LogP contribution < -0.4 is 0 Å². The molecule has 0 aliphatic heterocycles. The molecule has 22 heavy (non-hydrogen) atoms. The fourth-order valence-electron chi connectivity index (χ4n) is 1.99. The lowest BCUT2D eigenvalue weighted by atomic mass is 10.0. The molecule has 0 fully saturated rings. The Kier molecular flexibility index (Phi) is 9.92. The second-order valence-electron chi connectivity index (χ2n) is 5.55. The first-order chi connectivity index (χ1) is 10.3. The van der Waals surface area contributed by atoms with Crippen molar-refractivity contribution in [2.24, 2.45) is 0 Å². The lowest BCUT2D eigenvalue weighted by Crippen LogP contribution is -2.17. The molecule has 0 saturated carbocycles. The van der Waals surface area contributed by atoms with Gasteiger partial charge in [0.15, 0.2) is 0 Å². The summed E-state index contributed by atoms with van der Waals surface area (Å²) >= 11 is 0. The summed E-state index contributed by atoms with van der Waals surface area (Å²) in [7, 11) is 2.51. The number of rotatable bonds is 8. The molecule has 0 radical (unpaired) electrons. The van der Waals surface area contributed by atoms with Crippen molar-refractivity contribution in [2.75, 3.05) is 14.2 Å². The highest BCUT2D eigenvalue weighted by molar-refractivity contribution is 6.14. The van der Waals surface area contributed by atoms with Gasteiger partial charge in [0.1, 0.15) is 5.57 Å². The molecule has 124 valence electrons. The van der Waals surface area contributed by atoms with Crippen molar-refractivity contribution in [3.05, 3.63) is 34.4 Å². The van der Waals surface area contributed by atoms with Crippen molar-refractivity contribution in [1.29, 1.82) is 0 Å². The summed E-state index contributed by atoms with van der Waals surface area (Å²) in [5.41, 5.74) is 3.32. The number of hydrogen-bond acceptors (Lipinski definition) is 4. The van der Waals surface area contributed by atoms with E-state index in [0.29, 0.717) is 12.0 Å². The van der Waals surface area contributed by atoms with Gasteiger partial charge in [0, 0.05) is 0 Å². The monoisotopic (exact) mass is 308 g/mol. The molecule has 0 aromatic rings. The molecule has 0 rings (SSSR count). The maximum atomic E-state index is 11.7. The number of carbonyl (C=O) groups excluding carboxylic acids is 2. The first-order valence-corrected chi connectivity index (χ1v) is 7.48. The van der Waals surface area contributed by atoms with Gasteiger partial charge in [-0.25, -0.2) is 9.59 Å². The molecule has 0 spiro atoms. The number of methoxy groups -OCH3 is 2. The van der Waals surface area contributed by atoms with Crippen molar-refractivity contribution in [3.63, 3.8) is 0 Å². The van der Waals surface area contributed by atoms with Crippen LogP contribution in [0.5, 0.6) is 0 Å². The second-order valence-corrected chi connectivity index (χ2v) is 5.55. The normalized spacial score (nSPS) is 10.7. The van der Waals surface area contributed by atoms with Crippen LogP contribution in [0.1, 0.15) is 53.4 Å². The Morgan fingerprint density at radius 1 is 0.818 bits per heavy atom. The van der Waals surface area contributed by atoms with E-state index in [1.54, 1.807) is 6.92 Å². The Balaban J connectivity index is 4.70. The van der Waals surface area contributed by atoms with Gasteiger partial charge in [0.05, 0.1) is 14.2 Å². The van der Waals surface area contributed by atoms with Gasteiger partial charge in [-0.3, -0.25) is 0 Å². The van der Waals surface area contributed by atoms with E-state index in [1.165, 1.54) is 25.4 Å². The minimum Gasteiger partial charge on any atom is -0.465 e. The summed E-state index contributed by atoms with van der Waals surface area (Å²) in [5, 5.41) is 0. The van der Waals surface area contributed by atoms with Crippen molar-refractivity contribution in [3.8, 4) is 0 Å². The average molecular weight is 308 g/mol. The maximum absolute atomic E-state index is 11.7. The van der Waals surface area contributed by atoms with Crippen molar-refractivity contribution < 1.29 is 19.1 Å². The Bertz CT molecular complexity index is 459. The summed E-state index contributed by atoms with van der Waals surface area (Å²) in [4.78, 5) is 23.3. The van der Waals surface area contributed by atoms with Gasteiger partial charge in [-0.15, -0.1) is 0 Å². The summed E-state index contributed by atoms with van der Waals surface area (Å²) in [6.45, 7) is 8.04. The van der Waals surface area contributed by atoms with Gasteiger partial charge in [-0.2, -0.15) is 0 Å². The lowest BCUT2D eigenvalue weighted by Gasteiger charge is -2.08. The number of esters is 2. The predicted molar refractivity (Wildman–Crippen MR) is 88.4 cm³/mol. The number of allylic oxidation sites excluding steroid dienone is 5. The second kappa shape index (κ2) is 10.8. The van der Waals surface area contributed by atoms with E-state index >= 15 is 0 Å². The molecule has 0 heterocycles. The Labute approximate surface area is 133 Å². The molecule has 0 atom stereocenters. The zero-order valence-corrected chi connectivity index (χ0v) is 14.6. The smallest absolute Gasteiger partial charge is 0.345 e. The molecule has 0 aromatic heterocycles. The largest absolute Gasteiger partial charge is 0.465 e. The molecule has 0 aliphatic rings. The molecule has 4 heteroatoms. The molecule has 0 N–H and O–H groups in total. The number of ether oxygens (including phenoxy) is 2. The summed E-state index contributed by atoms with van der Waals surface area (Å²) in [6.07, 6.45) is 7.83. The van der Waals surface area contributed by atoms with Crippen molar-refractivity contribution >= 4 is 11.9 Å². The average Bonchev–Trinajstić information content (AvgIpc) is 2.46. The van der Waals surface area contributed by atoms with Crippen LogP contribution in [-0.2, 0) is 19.1 Å². The number of carbonyl (C=O) groups is 2. The predicted octanol–water partition coefficient (Wildman–Crippen LogP) is 4.12. The maximum Gasteiger partial charge on any atom is 0.345 e. The van der Waals surface area contributed by atoms with Crippen LogP contribution in [0, 0.1) is 0 Å². The third-order valence-corrected chi connectivity index (χ3v) is 3.31. The van der Waals surface area contributed by atoms with Crippen LogP contribution >= 0.6 is 0 Å². The van der Waals surface area contributed by atoms with Gasteiger partial charge in [0.2, 0.25) is 0 Å². The highest BCUT2D eigenvalue weighted by Gasteiger charge is 2.22. The zero-order chi connectivity index (χ0) is 17.1. The first kappa shape index (κ1) is 20.2. The Morgan fingerprint density at radius 3 is 1.77 bits per heavy atom. The quantitative estimate of drug-likeness (QED) is 0.222. The van der Waals surface area contributed by atoms with Crippen LogP contribution in [0.3, 0.4) is 0 Å². The Morgan fingerprint density at radius 2 is 1.32 bits per heavy atom. The van der Waals surface area contributed by atoms with E-state index in [9.17, 15) is 9.59 Å². The van der Waals surface area contributed by atoms with E-state index in [0.717, 1.165) is 19.3 Å². The van der Waals surface area contributed by atoms with Crippen LogP contribution in [-0.4, -0.2) is 26.2 Å². The SMILES string of the molecule is COC(=O)C(C(=O)OC)=C(C)CC/C=C(\C)CCC=C(C)C. The Hall–Kier alpha value is -1.84. The van der Waals surface area contributed by atoms with Gasteiger partial charge in [-0.1, -0.05) is 28.9 Å². The molecule has 0 unspecified atom stereocenters. The molecule has 0 aliphatic carbocycles. The minimum atomic E-state index is -0.645. The van der Waals surface area contributed by atoms with E-state index in [1.807, 2.05) is 0 Å². The summed E-state index contributed by atoms with van der Waals surface area (Å²) in [5.74, 6) is -1.29. The van der Waals surface area contributed by atoms with Crippen molar-refractivity contribution in [1.82, 2.24) is 0 Å². The molecule has 0 saturated heterocycles. The molecule has 4 nitrogen and oxygen atoms in total. The highest BCUT2D eigenvalue weighted by Crippen LogP contribution is 2.16. The zero-order valence-electron chi connectivity index (χ0n) is 14.6. The standard InChI is InChI=1S/C18H28O4/c1-13(2)9-7-10-14(3)11-8-12-15(4)16(17(19)21-5)18(20)22-6/h9,11H,7-8,10,12H2,1-6H3/b14-11+. The topological polar surface area (TPSA) is 52.6 Å². The van der Waals surface area contributed by atoms with E-state index in [4.69, 9.17) is 0 Å². The van der Waals surface area contributed by atoms with Crippen molar-refractivity contribution in [2.45, 2.75) is 53.4 Å². The summed E-state index contributed by atoms with van der Waals surface area (Å²) < 4.78 is 9.28. The van der Waals surface area contributed by atoms with E-state index in [-0.39, 0.29) is 5.57 Å². The fourth-order valence-corrected chi connectivity index (χ4v) is 1.99. The van der Waals surface area contributed by atoms with Gasteiger partial charge in [0.25, 0.3) is 0 Å². The lowest BCUT2D eigenvalue weighted by molar-refractivity contribution is -0.144. The summed E-state index contributed by atoms with van der Waals surface area (Å²) in [6, 6.07) is 0. The minimum absolute atomic E-state index is 0.000550. The van der Waals surface area contributed by atoms with Gasteiger partial charge in [-0.05, 0) is 53.4 Å². The number of hydrogen-bond donors (Lipinski definition) is 0. The van der Waals surface area contributed by atoms with Crippen LogP contribution in [0.25, 0.3) is 0 Å². The van der Waals surface area contributed by atoms with Gasteiger partial charge >= 0.3 is 11.9 Å². The van der Waals surface area contributed by atoms with E-state index < -0.39 is 11.9 Å². The molecule has 0 bridgehead atoms. The highest BCUT2D eigenvalue weighted by atomic mass is 16.5. The fraction of sp³-hybridized carbons (Fsp3) is 0.556. The molecule has 0 amide bonds. The van der Waals surface area contributed by atoms with E-state index in [2.05, 4.69) is 42.4 Å². The molecule has 0 aromatic carbocycles. The first-order valence-electron chi connectivity index (χ1n) is 7.48. The van der Waals surface area contributed by atoms with Crippen LogP contribution in [0.4, 0.5) is 0 Å². The molecular weight excluding hydrogens is 280 g/mol.